The Kier molecular flexibility index (Phi) is 11.9. The zero-order valence-electron chi connectivity index (χ0n) is 24.4. The van der Waals surface area contributed by atoms with E-state index in [1.807, 2.05) is 0 Å². The van der Waals surface area contributed by atoms with Gasteiger partial charge in [0.2, 0.25) is 0 Å². The van der Waals surface area contributed by atoms with Crippen LogP contribution in [0.3, 0.4) is 0 Å². The van der Waals surface area contributed by atoms with Gasteiger partial charge in [0.15, 0.2) is 14.5 Å². The highest BCUT2D eigenvalue weighted by molar-refractivity contribution is 7.44. The number of methoxy groups -OCH3 is 1. The summed E-state index contributed by atoms with van der Waals surface area (Å²) in [6, 6.07) is 3.60. The summed E-state index contributed by atoms with van der Waals surface area (Å²) in [4.78, 5) is 26.9. The molecule has 2 rings (SSSR count). The number of hydrogen-bond donors (Lipinski definition) is 1. The maximum absolute atomic E-state index is 12.8. The zero-order valence-corrected chi connectivity index (χ0v) is 26.3. The van der Waals surface area contributed by atoms with Gasteiger partial charge in [0.25, 0.3) is 14.1 Å². The van der Waals surface area contributed by atoms with Crippen LogP contribution in [-0.4, -0.2) is 73.3 Å². The summed E-state index contributed by atoms with van der Waals surface area (Å²) >= 11 is 0. The second-order valence-electron chi connectivity index (χ2n) is 11.5. The van der Waals surface area contributed by atoms with Crippen LogP contribution in [0.2, 0.25) is 18.1 Å². The van der Waals surface area contributed by atoms with Crippen molar-refractivity contribution in [3.8, 4) is 6.07 Å². The number of aromatic nitrogens is 2. The summed E-state index contributed by atoms with van der Waals surface area (Å²) < 4.78 is 35.2. The molecule has 1 aliphatic heterocycles. The summed E-state index contributed by atoms with van der Waals surface area (Å²) in [5, 5.41) is 8.97. The lowest BCUT2D eigenvalue weighted by molar-refractivity contribution is -0.0596. The van der Waals surface area contributed by atoms with E-state index in [-0.39, 0.29) is 36.8 Å². The van der Waals surface area contributed by atoms with Gasteiger partial charge in [-0.3, -0.25) is 14.3 Å². The molecule has 1 saturated heterocycles. The molecule has 0 spiro atoms. The normalized spacial score (nSPS) is 23.4. The molecule has 5 atom stereocenters. The first kappa shape index (κ1) is 32.8. The minimum absolute atomic E-state index is 0.101. The van der Waals surface area contributed by atoms with Gasteiger partial charge in [0.1, 0.15) is 18.3 Å². The van der Waals surface area contributed by atoms with Crippen LogP contribution in [0.1, 0.15) is 61.1 Å². The molecular weight excluding hydrogens is 527 g/mol. The topological polar surface area (TPSA) is 128 Å². The Hall–Kier alpha value is -1.42. The fourth-order valence-electron chi connectivity index (χ4n) is 4.03. The van der Waals surface area contributed by atoms with Crippen molar-refractivity contribution in [2.24, 2.45) is 0 Å². The van der Waals surface area contributed by atoms with E-state index in [0.29, 0.717) is 0 Å². The van der Waals surface area contributed by atoms with E-state index in [1.54, 1.807) is 7.11 Å². The Morgan fingerprint density at radius 3 is 2.34 bits per heavy atom. The van der Waals surface area contributed by atoms with Crippen LogP contribution in [-0.2, 0) is 22.9 Å². The highest BCUT2D eigenvalue weighted by Crippen LogP contribution is 2.51. The molecule has 0 aliphatic carbocycles. The molecule has 1 fully saturated rings. The van der Waals surface area contributed by atoms with E-state index in [4.69, 9.17) is 28.2 Å². The number of aromatic amines is 1. The molecule has 216 valence electrons. The standard InChI is InChI=1S/C25H45N4O7PSi/c1-17(2)29(18(3)4)37(33-15-11-13-26)35-21-19(16-32-8)34-23(28-14-12-20(30)27-24(28)31)22(21)36-38(9,10)25(5,6)7/h12,14,17-19,21-23H,11,15-16H2,1-10H3,(H,27,30,31)/t19-,21+,22?,23-,37?/m1/s1. The molecule has 13 heteroatoms. The van der Waals surface area contributed by atoms with Crippen molar-refractivity contribution in [1.82, 2.24) is 14.2 Å². The van der Waals surface area contributed by atoms with Crippen molar-refractivity contribution < 1.29 is 22.9 Å². The molecule has 1 aromatic heterocycles. The van der Waals surface area contributed by atoms with Gasteiger partial charge in [-0.2, -0.15) is 5.26 Å². The third-order valence-corrected chi connectivity index (χ3v) is 13.5. The fraction of sp³-hybridized carbons (Fsp3) is 0.800. The molecule has 38 heavy (non-hydrogen) atoms. The van der Waals surface area contributed by atoms with Gasteiger partial charge >= 0.3 is 5.69 Å². The Morgan fingerprint density at radius 2 is 1.84 bits per heavy atom. The lowest BCUT2D eigenvalue weighted by Crippen LogP contribution is -2.50. The van der Waals surface area contributed by atoms with E-state index in [2.05, 4.69) is 77.3 Å². The third kappa shape index (κ3) is 8.05. The summed E-state index contributed by atoms with van der Waals surface area (Å²) in [5.74, 6) is 0. The van der Waals surface area contributed by atoms with E-state index in [1.165, 1.54) is 16.8 Å². The maximum atomic E-state index is 12.8. The highest BCUT2D eigenvalue weighted by Gasteiger charge is 2.53. The Balaban J connectivity index is 2.61. The average Bonchev–Trinajstić information content (AvgIpc) is 3.09. The second kappa shape index (κ2) is 13.8. The van der Waals surface area contributed by atoms with Gasteiger partial charge in [-0.05, 0) is 45.8 Å². The first-order valence-corrected chi connectivity index (χ1v) is 17.1. The number of nitrogens with one attached hydrogen (secondary N) is 1. The highest BCUT2D eigenvalue weighted by atomic mass is 31.2. The smallest absolute Gasteiger partial charge is 0.330 e. The monoisotopic (exact) mass is 572 g/mol. The molecule has 0 saturated carbocycles. The van der Waals surface area contributed by atoms with Gasteiger partial charge in [0.05, 0.1) is 25.7 Å². The molecule has 11 nitrogen and oxygen atoms in total. The van der Waals surface area contributed by atoms with E-state index in [0.717, 1.165) is 0 Å². The summed E-state index contributed by atoms with van der Waals surface area (Å²) in [6.45, 7) is 19.3. The molecule has 2 heterocycles. The number of nitriles is 1. The van der Waals surface area contributed by atoms with Crippen molar-refractivity contribution >= 4 is 16.8 Å². The largest absolute Gasteiger partial charge is 0.407 e. The van der Waals surface area contributed by atoms with Gasteiger partial charge < -0.3 is 22.9 Å². The zero-order chi connectivity index (χ0) is 28.8. The van der Waals surface area contributed by atoms with Crippen molar-refractivity contribution in [3.63, 3.8) is 0 Å². The Bertz CT molecular complexity index is 1040. The molecule has 0 bridgehead atoms. The van der Waals surface area contributed by atoms with Crippen LogP contribution in [0.4, 0.5) is 0 Å². The Morgan fingerprint density at radius 1 is 1.21 bits per heavy atom. The molecule has 0 aromatic carbocycles. The van der Waals surface area contributed by atoms with Gasteiger partial charge in [-0.25, -0.2) is 9.46 Å². The molecule has 0 radical (unpaired) electrons. The third-order valence-electron chi connectivity index (χ3n) is 6.85. The molecule has 1 N–H and O–H groups in total. The lowest BCUT2D eigenvalue weighted by Gasteiger charge is -2.42. The maximum Gasteiger partial charge on any atom is 0.330 e. The van der Waals surface area contributed by atoms with Gasteiger partial charge in [-0.1, -0.05) is 20.8 Å². The first-order valence-electron chi connectivity index (χ1n) is 13.0. The van der Waals surface area contributed by atoms with E-state index in [9.17, 15) is 9.59 Å². The second-order valence-corrected chi connectivity index (χ2v) is 17.7. The van der Waals surface area contributed by atoms with Crippen LogP contribution in [0, 0.1) is 11.3 Å². The lowest BCUT2D eigenvalue weighted by atomic mass is 10.1. The summed E-state index contributed by atoms with van der Waals surface area (Å²) in [6.07, 6.45) is -1.13. The molecule has 1 aliphatic rings. The molecule has 0 amide bonds. The van der Waals surface area contributed by atoms with Crippen molar-refractivity contribution in [1.29, 1.82) is 5.26 Å². The van der Waals surface area contributed by atoms with Crippen LogP contribution >= 0.6 is 8.53 Å². The van der Waals surface area contributed by atoms with Crippen molar-refractivity contribution in [3.05, 3.63) is 33.1 Å². The van der Waals surface area contributed by atoms with E-state index < -0.39 is 52.6 Å². The van der Waals surface area contributed by atoms with Crippen LogP contribution in [0.5, 0.6) is 0 Å². The SMILES string of the molecule is COC[C@H]1O[C@@H](n2ccc(=O)[nH]c2=O)C(O[Si](C)(C)C(C)(C)C)[C@H]1OP(OCCC#N)N(C(C)C)C(C)C. The van der Waals surface area contributed by atoms with Crippen molar-refractivity contribution in [2.45, 2.75) is 110 Å². The first-order chi connectivity index (χ1) is 17.6. The number of rotatable bonds is 13. The van der Waals surface area contributed by atoms with Crippen LogP contribution in [0.15, 0.2) is 21.9 Å². The quantitative estimate of drug-likeness (QED) is 0.211. The molecule has 2 unspecified atom stereocenters. The molecular formula is C25H45N4O7PSi. The Labute approximate surface area is 228 Å². The number of ether oxygens (including phenoxy) is 2. The number of H-pyrrole nitrogens is 1. The fourth-order valence-corrected chi connectivity index (χ4v) is 7.08. The average molecular weight is 573 g/mol. The molecule has 1 aromatic rings. The predicted octanol–water partition coefficient (Wildman–Crippen LogP) is 4.13. The minimum Gasteiger partial charge on any atom is -0.407 e. The van der Waals surface area contributed by atoms with Crippen molar-refractivity contribution in [2.75, 3.05) is 20.3 Å². The van der Waals surface area contributed by atoms with Crippen LogP contribution in [0.25, 0.3) is 0 Å². The predicted molar refractivity (Wildman–Crippen MR) is 149 cm³/mol. The van der Waals surface area contributed by atoms with Crippen LogP contribution < -0.4 is 11.2 Å². The number of nitrogens with zero attached hydrogens (tertiary/aromatic N) is 3. The summed E-state index contributed by atoms with van der Waals surface area (Å²) in [5.41, 5.74) is -1.09. The minimum atomic E-state index is -2.40. The van der Waals surface area contributed by atoms with Gasteiger partial charge in [0, 0.05) is 31.5 Å². The summed E-state index contributed by atoms with van der Waals surface area (Å²) in [7, 11) is -2.45. The van der Waals surface area contributed by atoms with Gasteiger partial charge in [-0.15, -0.1) is 0 Å². The number of hydrogen-bond acceptors (Lipinski definition) is 9. The van der Waals surface area contributed by atoms with E-state index >= 15 is 0 Å².